The van der Waals surface area contributed by atoms with E-state index in [1.807, 2.05) is 19.9 Å². The maximum absolute atomic E-state index is 12.2. The molecule has 0 aromatic heterocycles. The van der Waals surface area contributed by atoms with Gasteiger partial charge in [-0.1, -0.05) is 11.6 Å². The molecule has 7 nitrogen and oxygen atoms in total. The Kier molecular flexibility index (Phi) is 8.61. The Balaban J connectivity index is 1.75. The molecule has 0 spiro atoms. The molecule has 0 atom stereocenters. The zero-order valence-corrected chi connectivity index (χ0v) is 17.5. The molecule has 0 aliphatic heterocycles. The number of aryl methyl sites for hydroxylation is 1. The van der Waals surface area contributed by atoms with E-state index in [2.05, 4.69) is 10.9 Å². The highest BCUT2D eigenvalue weighted by atomic mass is 35.5. The number of benzene rings is 2. The summed E-state index contributed by atoms with van der Waals surface area (Å²) in [6.45, 7) is 4.62. The first-order valence-corrected chi connectivity index (χ1v) is 9.61. The third kappa shape index (κ3) is 6.87. The van der Waals surface area contributed by atoms with E-state index in [0.29, 0.717) is 41.7 Å². The van der Waals surface area contributed by atoms with Gasteiger partial charge in [0.1, 0.15) is 5.75 Å². The molecule has 2 rings (SSSR count). The minimum absolute atomic E-state index is 0.208. The van der Waals surface area contributed by atoms with Gasteiger partial charge in [0.2, 0.25) is 5.91 Å². The third-order valence-electron chi connectivity index (χ3n) is 3.98. The molecule has 0 fully saturated rings. The average molecular weight is 421 g/mol. The maximum Gasteiger partial charge on any atom is 0.269 e. The Bertz CT molecular complexity index is 857. The fraction of sp³-hybridized carbons (Fsp3) is 0.333. The van der Waals surface area contributed by atoms with Gasteiger partial charge in [-0.05, 0) is 62.2 Å². The predicted molar refractivity (Wildman–Crippen MR) is 111 cm³/mol. The van der Waals surface area contributed by atoms with Gasteiger partial charge in [0, 0.05) is 17.0 Å². The highest BCUT2D eigenvalue weighted by Crippen LogP contribution is 2.28. The minimum atomic E-state index is -0.451. The van der Waals surface area contributed by atoms with Crippen molar-refractivity contribution in [2.45, 2.75) is 26.7 Å². The van der Waals surface area contributed by atoms with Crippen molar-refractivity contribution in [1.29, 1.82) is 0 Å². The largest absolute Gasteiger partial charge is 0.493 e. The van der Waals surface area contributed by atoms with Crippen molar-refractivity contribution in [2.75, 3.05) is 20.3 Å². The lowest BCUT2D eigenvalue weighted by Crippen LogP contribution is -2.41. The fourth-order valence-electron chi connectivity index (χ4n) is 2.53. The second-order valence-corrected chi connectivity index (χ2v) is 6.60. The van der Waals surface area contributed by atoms with E-state index < -0.39 is 5.91 Å². The summed E-state index contributed by atoms with van der Waals surface area (Å²) in [5.41, 5.74) is 6.05. The average Bonchev–Trinajstić information content (AvgIpc) is 2.71. The number of amides is 2. The smallest absolute Gasteiger partial charge is 0.269 e. The molecular formula is C21H25ClN2O5. The van der Waals surface area contributed by atoms with E-state index in [9.17, 15) is 9.59 Å². The molecule has 0 unspecified atom stereocenters. The molecule has 0 saturated carbocycles. The lowest BCUT2D eigenvalue weighted by atomic mass is 10.2. The van der Waals surface area contributed by atoms with Gasteiger partial charge in [-0.15, -0.1) is 0 Å². The van der Waals surface area contributed by atoms with E-state index >= 15 is 0 Å². The normalized spacial score (nSPS) is 10.2. The summed E-state index contributed by atoms with van der Waals surface area (Å²) in [4.78, 5) is 24.1. The summed E-state index contributed by atoms with van der Waals surface area (Å²) in [5, 5.41) is 0.648. The molecule has 2 aromatic rings. The Morgan fingerprint density at radius 2 is 1.76 bits per heavy atom. The summed E-state index contributed by atoms with van der Waals surface area (Å²) < 4.78 is 16.3. The third-order valence-corrected chi connectivity index (χ3v) is 4.22. The van der Waals surface area contributed by atoms with Crippen molar-refractivity contribution in [3.63, 3.8) is 0 Å². The van der Waals surface area contributed by atoms with Crippen LogP contribution in [0.1, 0.15) is 35.7 Å². The molecule has 2 aromatic carbocycles. The second kappa shape index (κ2) is 11.2. The number of methoxy groups -OCH3 is 1. The van der Waals surface area contributed by atoms with Gasteiger partial charge >= 0.3 is 0 Å². The number of carbonyl (C=O) groups excluding carboxylic acids is 2. The first kappa shape index (κ1) is 22.4. The van der Waals surface area contributed by atoms with Crippen LogP contribution in [0.25, 0.3) is 0 Å². The van der Waals surface area contributed by atoms with Crippen LogP contribution in [0.15, 0.2) is 36.4 Å². The summed E-state index contributed by atoms with van der Waals surface area (Å²) in [6, 6.07) is 10.2. The monoisotopic (exact) mass is 420 g/mol. The molecule has 0 aliphatic rings. The topological polar surface area (TPSA) is 85.9 Å². The molecule has 2 N–H and O–H groups in total. The molecule has 2 amide bonds. The van der Waals surface area contributed by atoms with Crippen LogP contribution in [-0.2, 0) is 4.79 Å². The molecule has 156 valence electrons. The van der Waals surface area contributed by atoms with Crippen LogP contribution in [-0.4, -0.2) is 32.1 Å². The van der Waals surface area contributed by atoms with Crippen LogP contribution in [0.3, 0.4) is 0 Å². The molecule has 0 radical (unpaired) electrons. The minimum Gasteiger partial charge on any atom is -0.493 e. The van der Waals surface area contributed by atoms with E-state index in [4.69, 9.17) is 25.8 Å². The summed E-state index contributed by atoms with van der Waals surface area (Å²) in [6.07, 6.45) is 0.708. The van der Waals surface area contributed by atoms with E-state index in [1.165, 1.54) is 7.11 Å². The lowest BCUT2D eigenvalue weighted by Gasteiger charge is -2.12. The second-order valence-electron chi connectivity index (χ2n) is 6.16. The first-order valence-electron chi connectivity index (χ1n) is 9.23. The maximum atomic E-state index is 12.2. The number of hydrogen-bond acceptors (Lipinski definition) is 5. The van der Waals surface area contributed by atoms with Crippen LogP contribution < -0.4 is 25.1 Å². The van der Waals surface area contributed by atoms with Crippen molar-refractivity contribution in [1.82, 2.24) is 10.9 Å². The van der Waals surface area contributed by atoms with Crippen molar-refractivity contribution >= 4 is 23.4 Å². The van der Waals surface area contributed by atoms with Crippen LogP contribution in [0.4, 0.5) is 0 Å². The van der Waals surface area contributed by atoms with Crippen LogP contribution in [0.2, 0.25) is 5.02 Å². The van der Waals surface area contributed by atoms with Gasteiger partial charge in [-0.25, -0.2) is 0 Å². The fourth-order valence-corrected chi connectivity index (χ4v) is 2.76. The number of halogens is 1. The molecule has 0 heterocycles. The highest BCUT2D eigenvalue weighted by molar-refractivity contribution is 6.30. The lowest BCUT2D eigenvalue weighted by molar-refractivity contribution is -0.122. The number of carbonyl (C=O) groups is 2. The van der Waals surface area contributed by atoms with Crippen LogP contribution in [0, 0.1) is 6.92 Å². The zero-order valence-electron chi connectivity index (χ0n) is 16.7. The van der Waals surface area contributed by atoms with Gasteiger partial charge in [0.05, 0.1) is 20.3 Å². The highest BCUT2D eigenvalue weighted by Gasteiger charge is 2.12. The number of nitrogens with one attached hydrogen (secondary N) is 2. The van der Waals surface area contributed by atoms with E-state index in [-0.39, 0.29) is 12.3 Å². The Morgan fingerprint density at radius 3 is 2.45 bits per heavy atom. The molecular weight excluding hydrogens is 396 g/mol. The van der Waals surface area contributed by atoms with Crippen molar-refractivity contribution < 1.29 is 23.8 Å². The summed E-state index contributed by atoms with van der Waals surface area (Å²) >= 11 is 5.91. The molecule has 0 saturated heterocycles. The molecule has 0 bridgehead atoms. The predicted octanol–water partition coefficient (Wildman–Crippen LogP) is 3.68. The number of hydrazine groups is 1. The zero-order chi connectivity index (χ0) is 21.2. The van der Waals surface area contributed by atoms with E-state index in [0.717, 1.165) is 11.3 Å². The summed E-state index contributed by atoms with van der Waals surface area (Å²) in [7, 11) is 1.49. The van der Waals surface area contributed by atoms with Gasteiger partial charge in [0.25, 0.3) is 5.91 Å². The molecule has 8 heteroatoms. The van der Waals surface area contributed by atoms with Crippen LogP contribution >= 0.6 is 11.6 Å². The van der Waals surface area contributed by atoms with Crippen molar-refractivity contribution in [2.24, 2.45) is 0 Å². The number of ether oxygens (including phenoxy) is 3. The van der Waals surface area contributed by atoms with Gasteiger partial charge in [0.15, 0.2) is 11.5 Å². The van der Waals surface area contributed by atoms with E-state index in [1.54, 1.807) is 30.3 Å². The Morgan fingerprint density at radius 1 is 1.00 bits per heavy atom. The van der Waals surface area contributed by atoms with Crippen molar-refractivity contribution in [3.05, 3.63) is 52.5 Å². The first-order chi connectivity index (χ1) is 13.9. The van der Waals surface area contributed by atoms with Crippen LogP contribution in [0.5, 0.6) is 17.2 Å². The quantitative estimate of drug-likeness (QED) is 0.477. The van der Waals surface area contributed by atoms with Crippen molar-refractivity contribution in [3.8, 4) is 17.2 Å². The Hall–Kier alpha value is -2.93. The molecule has 0 aliphatic carbocycles. The number of rotatable bonds is 9. The van der Waals surface area contributed by atoms with Gasteiger partial charge < -0.3 is 14.2 Å². The molecule has 29 heavy (non-hydrogen) atoms. The van der Waals surface area contributed by atoms with Gasteiger partial charge in [-0.2, -0.15) is 0 Å². The standard InChI is InChI=1S/C21H25ClN2O5/c1-4-28-18-9-7-15(13-19(18)27-3)21(26)24-23-20(25)6-5-11-29-17-10-8-16(22)12-14(17)2/h7-10,12-13H,4-6,11H2,1-3H3,(H,23,25)(H,24,26). The Labute approximate surface area is 175 Å². The summed E-state index contributed by atoms with van der Waals surface area (Å²) in [5.74, 6) is 0.958. The number of hydrogen-bond donors (Lipinski definition) is 2. The van der Waals surface area contributed by atoms with Gasteiger partial charge in [-0.3, -0.25) is 20.4 Å². The SMILES string of the molecule is CCOc1ccc(C(=O)NNC(=O)CCCOc2ccc(Cl)cc2C)cc1OC.